The average molecular weight is 505 g/mol. The minimum absolute atomic E-state index is 0.0299. The average Bonchev–Trinajstić information content (AvgIpc) is 3.31. The molecule has 0 saturated carbocycles. The Bertz CT molecular complexity index is 1250. The molecule has 1 aliphatic rings. The van der Waals surface area contributed by atoms with E-state index < -0.39 is 5.60 Å². The van der Waals surface area contributed by atoms with Crippen molar-refractivity contribution in [3.8, 4) is 11.1 Å². The van der Waals surface area contributed by atoms with Crippen LogP contribution in [0.3, 0.4) is 0 Å². The van der Waals surface area contributed by atoms with Crippen LogP contribution in [-0.4, -0.2) is 56.9 Å². The van der Waals surface area contributed by atoms with E-state index in [-0.39, 0.29) is 24.1 Å². The van der Waals surface area contributed by atoms with E-state index in [2.05, 4.69) is 28.4 Å². The minimum atomic E-state index is -0.532. The highest BCUT2D eigenvalue weighted by Crippen LogP contribution is 2.41. The minimum Gasteiger partial charge on any atom is -0.444 e. The predicted octanol–water partition coefficient (Wildman–Crippen LogP) is 5.11. The monoisotopic (exact) mass is 504 g/mol. The molecular weight excluding hydrogens is 468 g/mol. The summed E-state index contributed by atoms with van der Waals surface area (Å²) in [6, 6.07) is 10.2. The number of carbonyl (C=O) groups is 2. The van der Waals surface area contributed by atoms with Crippen LogP contribution in [0.25, 0.3) is 11.1 Å². The topological polar surface area (TPSA) is 92.6 Å². The van der Waals surface area contributed by atoms with Gasteiger partial charge in [0.05, 0.1) is 24.5 Å². The van der Waals surface area contributed by atoms with Gasteiger partial charge in [-0.1, -0.05) is 6.07 Å². The van der Waals surface area contributed by atoms with Gasteiger partial charge in [0.2, 0.25) is 5.91 Å². The van der Waals surface area contributed by atoms with Gasteiger partial charge in [0, 0.05) is 56.4 Å². The fourth-order valence-corrected chi connectivity index (χ4v) is 4.63. The molecule has 1 aliphatic heterocycles. The molecule has 9 heteroatoms. The van der Waals surface area contributed by atoms with Crippen molar-refractivity contribution in [2.24, 2.45) is 0 Å². The number of likely N-dealkylation sites (N-methyl/N-ethyl adjacent to an activating group) is 1. The molecule has 3 aromatic rings. The molecule has 0 radical (unpaired) electrons. The molecule has 3 heterocycles. The normalized spacial score (nSPS) is 17.2. The number of ether oxygens (including phenoxy) is 1. The fourth-order valence-electron chi connectivity index (χ4n) is 4.63. The molecule has 0 fully saturated rings. The summed E-state index contributed by atoms with van der Waals surface area (Å²) in [6.45, 7) is 10.3. The second-order valence-corrected chi connectivity index (χ2v) is 10.6. The highest BCUT2D eigenvalue weighted by molar-refractivity contribution is 5.94. The quantitative estimate of drug-likeness (QED) is 0.502. The van der Waals surface area contributed by atoms with E-state index in [1.165, 1.54) is 0 Å². The zero-order valence-electron chi connectivity index (χ0n) is 22.4. The van der Waals surface area contributed by atoms with Gasteiger partial charge in [-0.3, -0.25) is 14.5 Å². The van der Waals surface area contributed by atoms with Crippen molar-refractivity contribution in [1.82, 2.24) is 19.7 Å². The van der Waals surface area contributed by atoms with Crippen LogP contribution in [-0.2, 0) is 16.1 Å². The maximum Gasteiger partial charge on any atom is 0.410 e. The van der Waals surface area contributed by atoms with E-state index in [4.69, 9.17) is 4.74 Å². The Labute approximate surface area is 218 Å². The van der Waals surface area contributed by atoms with Crippen molar-refractivity contribution in [3.05, 3.63) is 60.7 Å². The molecule has 2 atom stereocenters. The van der Waals surface area contributed by atoms with Crippen molar-refractivity contribution >= 4 is 23.4 Å². The van der Waals surface area contributed by atoms with Gasteiger partial charge in [0.25, 0.3) is 0 Å². The molecular formula is C28H36N6O3. The summed E-state index contributed by atoms with van der Waals surface area (Å²) >= 11 is 0. The molecule has 0 saturated heterocycles. The van der Waals surface area contributed by atoms with Crippen molar-refractivity contribution < 1.29 is 14.3 Å². The smallest absolute Gasteiger partial charge is 0.410 e. The number of amides is 2. The van der Waals surface area contributed by atoms with Crippen molar-refractivity contribution in [3.63, 3.8) is 0 Å². The summed E-state index contributed by atoms with van der Waals surface area (Å²) < 4.78 is 7.24. The summed E-state index contributed by atoms with van der Waals surface area (Å²) in [7, 11) is 1.72. The number of fused-ring (bicyclic) bond motifs is 1. The van der Waals surface area contributed by atoms with E-state index in [0.717, 1.165) is 34.5 Å². The number of hydrogen-bond donors (Lipinski definition) is 1. The Balaban J connectivity index is 1.55. The number of nitrogens with one attached hydrogen (secondary N) is 1. The molecule has 1 N–H and O–H groups in total. The first kappa shape index (κ1) is 26.2. The van der Waals surface area contributed by atoms with Crippen LogP contribution < -0.4 is 10.2 Å². The molecule has 0 bridgehead atoms. The molecule has 1 aromatic carbocycles. The molecule has 4 rings (SSSR count). The molecule has 2 aromatic heterocycles. The third kappa shape index (κ3) is 6.28. The van der Waals surface area contributed by atoms with E-state index in [0.29, 0.717) is 13.1 Å². The largest absolute Gasteiger partial charge is 0.444 e. The predicted molar refractivity (Wildman–Crippen MR) is 144 cm³/mol. The molecule has 37 heavy (non-hydrogen) atoms. The fraction of sp³-hybridized carbons (Fsp3) is 0.429. The number of carbonyl (C=O) groups excluding carboxylic acids is 2. The molecule has 0 spiro atoms. The number of nitrogens with zero attached hydrogens (tertiary/aromatic N) is 5. The number of benzene rings is 1. The molecule has 2 amide bonds. The second kappa shape index (κ2) is 10.6. The first-order chi connectivity index (χ1) is 17.5. The Morgan fingerprint density at radius 1 is 1.19 bits per heavy atom. The van der Waals surface area contributed by atoms with Crippen molar-refractivity contribution in [2.45, 2.75) is 65.3 Å². The number of rotatable bonds is 6. The van der Waals surface area contributed by atoms with Gasteiger partial charge >= 0.3 is 6.09 Å². The third-order valence-electron chi connectivity index (χ3n) is 6.36. The third-order valence-corrected chi connectivity index (χ3v) is 6.36. The van der Waals surface area contributed by atoms with Gasteiger partial charge in [0.1, 0.15) is 5.60 Å². The van der Waals surface area contributed by atoms with Crippen molar-refractivity contribution in [1.29, 1.82) is 0 Å². The van der Waals surface area contributed by atoms with E-state index >= 15 is 0 Å². The summed E-state index contributed by atoms with van der Waals surface area (Å²) in [5.41, 5.74) is 4.37. The Hall–Kier alpha value is -3.88. The van der Waals surface area contributed by atoms with Gasteiger partial charge in [-0.05, 0) is 69.5 Å². The first-order valence-electron chi connectivity index (χ1n) is 12.6. The van der Waals surface area contributed by atoms with Crippen LogP contribution in [0.2, 0.25) is 0 Å². The zero-order chi connectivity index (χ0) is 26.7. The Morgan fingerprint density at radius 3 is 2.65 bits per heavy atom. The molecule has 196 valence electrons. The van der Waals surface area contributed by atoms with Crippen LogP contribution in [0.5, 0.6) is 0 Å². The van der Waals surface area contributed by atoms with Crippen molar-refractivity contribution in [2.75, 3.05) is 23.8 Å². The van der Waals surface area contributed by atoms with Gasteiger partial charge in [-0.25, -0.2) is 4.79 Å². The highest BCUT2D eigenvalue weighted by atomic mass is 16.6. The summed E-state index contributed by atoms with van der Waals surface area (Å²) in [6.07, 6.45) is 7.78. The summed E-state index contributed by atoms with van der Waals surface area (Å²) in [4.78, 5) is 32.4. The number of hydrogen-bond acceptors (Lipinski definition) is 6. The molecule has 1 unspecified atom stereocenters. The van der Waals surface area contributed by atoms with Crippen LogP contribution >= 0.6 is 0 Å². The van der Waals surface area contributed by atoms with Gasteiger partial charge in [0.15, 0.2) is 0 Å². The lowest BCUT2D eigenvalue weighted by atomic mass is 9.89. The SMILES string of the molecule is CC(=O)N1c2ccc(-c3cnn(CCN(C)C(=O)OC(C)(C)C)c3)cc2C(Nc2cccnc2)C[C@@H]1C. The van der Waals surface area contributed by atoms with Gasteiger partial charge in [-0.15, -0.1) is 0 Å². The summed E-state index contributed by atoms with van der Waals surface area (Å²) in [5.74, 6) is 0.0308. The van der Waals surface area contributed by atoms with E-state index in [1.54, 1.807) is 25.1 Å². The number of aromatic nitrogens is 3. The van der Waals surface area contributed by atoms with Crippen LogP contribution in [0.4, 0.5) is 16.2 Å². The van der Waals surface area contributed by atoms with Gasteiger partial charge in [-0.2, -0.15) is 5.10 Å². The number of pyridine rings is 1. The standard InChI is InChI=1S/C28H36N6O3/c1-19-14-25(31-23-8-7-11-29-17-23)24-15-21(9-10-26(24)34(19)20(2)35)22-16-30-33(18-22)13-12-32(6)27(36)37-28(3,4)5/h7-11,15-19,25,31H,12-14H2,1-6H3/t19-,25?/m0/s1. The van der Waals surface area contributed by atoms with Crippen LogP contribution in [0.1, 0.15) is 52.6 Å². The van der Waals surface area contributed by atoms with E-state index in [9.17, 15) is 9.59 Å². The molecule has 0 aliphatic carbocycles. The molecule has 9 nitrogen and oxygen atoms in total. The maximum absolute atomic E-state index is 12.5. The lowest BCUT2D eigenvalue weighted by molar-refractivity contribution is -0.117. The zero-order valence-corrected chi connectivity index (χ0v) is 22.4. The highest BCUT2D eigenvalue weighted by Gasteiger charge is 2.32. The Morgan fingerprint density at radius 2 is 1.97 bits per heavy atom. The Kier molecular flexibility index (Phi) is 7.52. The van der Waals surface area contributed by atoms with Gasteiger partial charge < -0.3 is 19.9 Å². The first-order valence-corrected chi connectivity index (χ1v) is 12.6. The van der Waals surface area contributed by atoms with Crippen LogP contribution in [0.15, 0.2) is 55.1 Å². The lowest BCUT2D eigenvalue weighted by Crippen LogP contribution is -2.43. The van der Waals surface area contributed by atoms with E-state index in [1.807, 2.05) is 73.2 Å². The second-order valence-electron chi connectivity index (χ2n) is 10.6. The number of anilines is 2. The van der Waals surface area contributed by atoms with Crippen LogP contribution in [0, 0.1) is 0 Å². The summed E-state index contributed by atoms with van der Waals surface area (Å²) in [5, 5.41) is 8.10. The lowest BCUT2D eigenvalue weighted by Gasteiger charge is -2.39. The maximum atomic E-state index is 12.5.